The number of hydrogen-bond donors (Lipinski definition) is 0. The van der Waals surface area contributed by atoms with Crippen molar-refractivity contribution in [1.29, 1.82) is 0 Å². The molecule has 409 valence electrons. The fraction of sp³-hybridized carbons (Fsp3) is 0.0563. The van der Waals surface area contributed by atoms with Gasteiger partial charge in [0.25, 0.3) is 0 Å². The number of hydrogen-bond acceptors (Lipinski definition) is 9. The van der Waals surface area contributed by atoms with Crippen molar-refractivity contribution < 1.29 is 45.9 Å². The molecule has 11 aromatic rings. The SMILES string of the molecule is [Ir].[Pt].[c-]1c(Oc2[c-]c(-c3[c-]cccn3)ncc2)cccc1N1[CH-]N(c2cc(-c3ccccc3)cc(-c3ccccc3)c2)c2ccccc21.[c-]1ccccc1N1[CH-]N(CCCCN2[CH-]N(c3[c-]cccc3)c3ccccc32)c2ccccc21. The second-order valence-corrected chi connectivity index (χ2v) is 19.3. The zero-order chi connectivity index (χ0) is 53.5. The summed E-state index contributed by atoms with van der Waals surface area (Å²) in [6.07, 6.45) is 5.59. The fourth-order valence-electron chi connectivity index (χ4n) is 10.3. The van der Waals surface area contributed by atoms with E-state index in [9.17, 15) is 0 Å². The number of nitrogens with zero attached hydrogens (tertiary/aromatic N) is 8. The van der Waals surface area contributed by atoms with Gasteiger partial charge < -0.3 is 44.1 Å². The fourth-order valence-corrected chi connectivity index (χ4v) is 10.3. The molecule has 3 aliphatic heterocycles. The first-order valence-corrected chi connectivity index (χ1v) is 26.8. The molecule has 5 heterocycles. The van der Waals surface area contributed by atoms with E-state index in [-0.39, 0.29) is 41.2 Å². The van der Waals surface area contributed by atoms with Gasteiger partial charge in [0.1, 0.15) is 0 Å². The van der Waals surface area contributed by atoms with Crippen LogP contribution in [0.1, 0.15) is 12.8 Å². The van der Waals surface area contributed by atoms with Crippen LogP contribution >= 0.6 is 0 Å². The summed E-state index contributed by atoms with van der Waals surface area (Å²) in [5, 5.41) is 0. The van der Waals surface area contributed by atoms with Gasteiger partial charge in [-0.3, -0.25) is 0 Å². The smallest absolute Gasteiger partial charge is 0.0344 e. The van der Waals surface area contributed by atoms with Crippen molar-refractivity contribution in [1.82, 2.24) is 9.97 Å². The van der Waals surface area contributed by atoms with Crippen molar-refractivity contribution in [3.63, 3.8) is 0 Å². The van der Waals surface area contributed by atoms with E-state index in [0.717, 1.165) is 71.2 Å². The third kappa shape index (κ3) is 12.0. The van der Waals surface area contributed by atoms with Gasteiger partial charge in [0, 0.05) is 92.5 Å². The van der Waals surface area contributed by atoms with Crippen LogP contribution in [0, 0.1) is 50.3 Å². The van der Waals surface area contributed by atoms with Crippen LogP contribution in [0.3, 0.4) is 0 Å². The molecule has 1 radical (unpaired) electrons. The zero-order valence-electron chi connectivity index (χ0n) is 44.4. The first kappa shape index (κ1) is 55.1. The van der Waals surface area contributed by atoms with Crippen LogP contribution in [-0.2, 0) is 41.2 Å². The molecule has 14 rings (SSSR count). The van der Waals surface area contributed by atoms with Gasteiger partial charge in [0.05, 0.1) is 0 Å². The molecule has 0 saturated carbocycles. The number of aromatic nitrogens is 2. The molecule has 9 nitrogen and oxygen atoms in total. The number of pyridine rings is 2. The van der Waals surface area contributed by atoms with E-state index in [1.165, 1.54) is 33.9 Å². The second kappa shape index (κ2) is 25.8. The van der Waals surface area contributed by atoms with E-state index in [2.05, 4.69) is 253 Å². The van der Waals surface area contributed by atoms with E-state index >= 15 is 0 Å². The molecule has 0 saturated heterocycles. The van der Waals surface area contributed by atoms with Gasteiger partial charge in [0.2, 0.25) is 0 Å². The average Bonchev–Trinajstić information content (AvgIpc) is 4.45. The Morgan fingerprint density at radius 2 is 0.829 bits per heavy atom. The Bertz CT molecular complexity index is 3710. The third-order valence-electron chi connectivity index (χ3n) is 14.1. The normalized spacial score (nSPS) is 12.8. The molecule has 9 aromatic carbocycles. The standard InChI is InChI=1S/C41H26N4O.C30H26N4.Ir.Pt/c1-3-12-30(13-4-1)32-24-33(31-14-5-2-6-15-31)26-35(25-32)45-29-44(40-19-7-8-20-41(40)45)34-16-11-17-36(27-34)46-37-21-23-43-39(28-37)38-18-9-10-22-42-38;1-3-13-25(14-4-1)33-23-31(27-17-7-9-19-29(27)33)21-11-12-22-32-24-34(26-15-5-2-6-16-26)30-20-10-8-18-28(30)32;;/h1-17,19-26,29H;1-10,13,15,17-20,23-24H,11-12,21-22H2;;/q2*-4;;. The van der Waals surface area contributed by atoms with Crippen LogP contribution in [-0.4, -0.2) is 23.1 Å². The largest absolute Gasteiger partial charge is 0.510 e. The summed E-state index contributed by atoms with van der Waals surface area (Å²) >= 11 is 0. The van der Waals surface area contributed by atoms with Gasteiger partial charge in [0.15, 0.2) is 0 Å². The average molecular weight is 1420 g/mol. The van der Waals surface area contributed by atoms with E-state index in [0.29, 0.717) is 22.9 Å². The Labute approximate surface area is 509 Å². The van der Waals surface area contributed by atoms with Gasteiger partial charge in [-0.25, -0.2) is 6.07 Å². The molecule has 0 amide bonds. The molecule has 0 bridgehead atoms. The molecule has 0 atom stereocenters. The number of rotatable bonds is 14. The van der Waals surface area contributed by atoms with Crippen LogP contribution in [0.4, 0.5) is 56.9 Å². The maximum absolute atomic E-state index is 6.22. The van der Waals surface area contributed by atoms with Crippen molar-refractivity contribution in [2.24, 2.45) is 0 Å². The van der Waals surface area contributed by atoms with E-state index < -0.39 is 0 Å². The van der Waals surface area contributed by atoms with E-state index in [1.54, 1.807) is 24.5 Å². The second-order valence-electron chi connectivity index (χ2n) is 19.3. The first-order chi connectivity index (χ1) is 39.7. The Hall–Kier alpha value is -8.78. The molecular weight excluding hydrogens is 1370 g/mol. The summed E-state index contributed by atoms with van der Waals surface area (Å²) in [6.45, 7) is 8.49. The molecule has 0 fully saturated rings. The Morgan fingerprint density at radius 1 is 0.366 bits per heavy atom. The summed E-state index contributed by atoms with van der Waals surface area (Å²) < 4.78 is 6.22. The summed E-state index contributed by atoms with van der Waals surface area (Å²) in [6, 6.07) is 97.4. The minimum absolute atomic E-state index is 0. The predicted octanol–water partition coefficient (Wildman–Crippen LogP) is 17.0. The molecule has 0 aliphatic carbocycles. The molecule has 0 unspecified atom stereocenters. The Balaban J connectivity index is 0.000000175. The predicted molar refractivity (Wildman–Crippen MR) is 323 cm³/mol. The number of para-hydroxylation sites is 8. The molecular formula is C71H52IrN8OPt-8. The maximum atomic E-state index is 6.22. The zero-order valence-corrected chi connectivity index (χ0v) is 49.0. The number of unbranched alkanes of at least 4 members (excludes halogenated alkanes) is 1. The Morgan fingerprint density at radius 3 is 1.37 bits per heavy atom. The van der Waals surface area contributed by atoms with Crippen LogP contribution in [0.2, 0.25) is 0 Å². The summed E-state index contributed by atoms with van der Waals surface area (Å²) in [4.78, 5) is 22.3. The van der Waals surface area contributed by atoms with Crippen molar-refractivity contribution in [2.75, 3.05) is 42.5 Å². The monoisotopic (exact) mass is 1420 g/mol. The number of anilines is 10. The summed E-state index contributed by atoms with van der Waals surface area (Å²) in [5.74, 6) is 1.09. The third-order valence-corrected chi connectivity index (χ3v) is 14.1. The van der Waals surface area contributed by atoms with E-state index in [1.807, 2.05) is 60.7 Å². The van der Waals surface area contributed by atoms with Crippen molar-refractivity contribution in [3.8, 4) is 45.1 Å². The van der Waals surface area contributed by atoms with Crippen molar-refractivity contribution in [3.05, 3.63) is 299 Å². The molecule has 82 heavy (non-hydrogen) atoms. The van der Waals surface area contributed by atoms with Crippen LogP contribution in [0.5, 0.6) is 11.5 Å². The molecule has 3 aliphatic rings. The molecule has 11 heteroatoms. The maximum Gasteiger partial charge on any atom is 0.0344 e. The molecule has 0 spiro atoms. The molecule has 2 aromatic heterocycles. The summed E-state index contributed by atoms with van der Waals surface area (Å²) in [7, 11) is 0. The van der Waals surface area contributed by atoms with Gasteiger partial charge in [-0.2, -0.15) is 92.2 Å². The topological polar surface area (TPSA) is 54.5 Å². The van der Waals surface area contributed by atoms with Crippen LogP contribution in [0.25, 0.3) is 33.6 Å². The first-order valence-electron chi connectivity index (χ1n) is 26.8. The van der Waals surface area contributed by atoms with Crippen LogP contribution in [0.15, 0.2) is 249 Å². The van der Waals surface area contributed by atoms with Gasteiger partial charge in [-0.1, -0.05) is 97.1 Å². The van der Waals surface area contributed by atoms with Crippen molar-refractivity contribution >= 4 is 56.9 Å². The Kier molecular flexibility index (Phi) is 17.3. The summed E-state index contributed by atoms with van der Waals surface area (Å²) in [5.41, 5.74) is 16.9. The van der Waals surface area contributed by atoms with Gasteiger partial charge in [-0.15, -0.1) is 65.5 Å². The van der Waals surface area contributed by atoms with Gasteiger partial charge in [-0.05, 0) is 115 Å². The van der Waals surface area contributed by atoms with Crippen LogP contribution < -0.4 is 34.1 Å². The number of fused-ring (bicyclic) bond motifs is 3. The van der Waals surface area contributed by atoms with E-state index in [4.69, 9.17) is 4.74 Å². The minimum Gasteiger partial charge on any atom is -0.510 e. The minimum atomic E-state index is 0. The quantitative estimate of drug-likeness (QED) is 0.0783. The molecule has 0 N–H and O–H groups in total. The number of benzene rings is 9. The van der Waals surface area contributed by atoms with Gasteiger partial charge >= 0.3 is 0 Å². The van der Waals surface area contributed by atoms with Crippen molar-refractivity contribution in [2.45, 2.75) is 12.8 Å². The number of ether oxygens (including phenoxy) is 1.